The SMILES string of the molecule is Cc1ccc(S(=O)(=O)N(C)CC(=O)N(Cc2ccc(Cl)c(Cl)c2)[C@@H](C)C(=O)NC(C)C)cc1. The maximum absolute atomic E-state index is 13.3. The molecule has 0 unspecified atom stereocenters. The van der Waals surface area contributed by atoms with Crippen LogP contribution in [0.25, 0.3) is 0 Å². The number of nitrogens with one attached hydrogen (secondary N) is 1. The average molecular weight is 514 g/mol. The summed E-state index contributed by atoms with van der Waals surface area (Å²) in [5, 5.41) is 3.47. The minimum Gasteiger partial charge on any atom is -0.352 e. The highest BCUT2D eigenvalue weighted by molar-refractivity contribution is 7.89. The van der Waals surface area contributed by atoms with Crippen LogP contribution in [0.5, 0.6) is 0 Å². The summed E-state index contributed by atoms with van der Waals surface area (Å²) in [6.45, 7) is 6.71. The van der Waals surface area contributed by atoms with Crippen LogP contribution in [0.3, 0.4) is 0 Å². The molecule has 0 saturated heterocycles. The molecular formula is C23H29Cl2N3O4S. The molecular weight excluding hydrogens is 485 g/mol. The Bertz CT molecular complexity index is 1110. The second kappa shape index (κ2) is 11.3. The van der Waals surface area contributed by atoms with Crippen LogP contribution in [0.2, 0.25) is 10.0 Å². The number of rotatable bonds is 9. The first-order chi connectivity index (χ1) is 15.3. The lowest BCUT2D eigenvalue weighted by atomic mass is 10.1. The first kappa shape index (κ1) is 27.1. The second-order valence-corrected chi connectivity index (χ2v) is 11.0. The number of carbonyl (C=O) groups excluding carboxylic acids is 2. The van der Waals surface area contributed by atoms with Crippen molar-refractivity contribution in [1.29, 1.82) is 0 Å². The minimum atomic E-state index is -3.89. The lowest BCUT2D eigenvalue weighted by Gasteiger charge is -2.31. The van der Waals surface area contributed by atoms with Crippen molar-refractivity contribution < 1.29 is 18.0 Å². The summed E-state index contributed by atoms with van der Waals surface area (Å²) < 4.78 is 26.9. The van der Waals surface area contributed by atoms with Crippen molar-refractivity contribution in [3.63, 3.8) is 0 Å². The van der Waals surface area contributed by atoms with E-state index in [9.17, 15) is 18.0 Å². The van der Waals surface area contributed by atoms with Crippen molar-refractivity contribution in [2.24, 2.45) is 0 Å². The van der Waals surface area contributed by atoms with Crippen molar-refractivity contribution in [1.82, 2.24) is 14.5 Å². The first-order valence-electron chi connectivity index (χ1n) is 10.4. The van der Waals surface area contributed by atoms with Gasteiger partial charge in [-0.2, -0.15) is 4.31 Å². The van der Waals surface area contributed by atoms with Gasteiger partial charge in [0.15, 0.2) is 0 Å². The highest BCUT2D eigenvalue weighted by Crippen LogP contribution is 2.24. The van der Waals surface area contributed by atoms with Crippen molar-refractivity contribution in [3.8, 4) is 0 Å². The van der Waals surface area contributed by atoms with Crippen molar-refractivity contribution in [2.75, 3.05) is 13.6 Å². The summed E-state index contributed by atoms with van der Waals surface area (Å²) in [4.78, 5) is 27.3. The van der Waals surface area contributed by atoms with Crippen molar-refractivity contribution in [2.45, 2.75) is 51.2 Å². The number of halogens is 2. The molecule has 1 atom stereocenters. The summed E-state index contributed by atoms with van der Waals surface area (Å²) in [7, 11) is -2.55. The fourth-order valence-electron chi connectivity index (χ4n) is 3.08. The van der Waals surface area contributed by atoms with Gasteiger partial charge in [0, 0.05) is 19.6 Å². The van der Waals surface area contributed by atoms with E-state index in [1.54, 1.807) is 37.3 Å². The normalized spacial score (nSPS) is 12.6. The predicted octanol–water partition coefficient (Wildman–Crippen LogP) is 3.86. The molecule has 0 aliphatic heterocycles. The number of likely N-dealkylation sites (N-methyl/N-ethyl adjacent to an activating group) is 1. The molecule has 10 heteroatoms. The molecule has 0 saturated carbocycles. The topological polar surface area (TPSA) is 86.8 Å². The number of sulfonamides is 1. The van der Waals surface area contributed by atoms with E-state index < -0.39 is 28.5 Å². The fourth-order valence-corrected chi connectivity index (χ4v) is 4.52. The highest BCUT2D eigenvalue weighted by Gasteiger charge is 2.30. The number of hydrogen-bond donors (Lipinski definition) is 1. The van der Waals surface area contributed by atoms with Gasteiger partial charge in [0.25, 0.3) is 0 Å². The Morgan fingerprint density at radius 1 is 1.00 bits per heavy atom. The number of aryl methyl sites for hydroxylation is 1. The Hall–Kier alpha value is -2.13. The van der Waals surface area contributed by atoms with Crippen LogP contribution in [-0.4, -0.2) is 55.1 Å². The van der Waals surface area contributed by atoms with Crippen LogP contribution in [0.15, 0.2) is 47.4 Å². The van der Waals surface area contributed by atoms with E-state index in [4.69, 9.17) is 23.2 Å². The van der Waals surface area contributed by atoms with Gasteiger partial charge >= 0.3 is 0 Å². The van der Waals surface area contributed by atoms with E-state index in [0.29, 0.717) is 15.6 Å². The smallest absolute Gasteiger partial charge is 0.243 e. The number of carbonyl (C=O) groups is 2. The van der Waals surface area contributed by atoms with E-state index in [2.05, 4.69) is 5.32 Å². The van der Waals surface area contributed by atoms with Gasteiger partial charge in [-0.25, -0.2) is 8.42 Å². The Kier molecular flexibility index (Phi) is 9.31. The standard InChI is InChI=1S/C23H29Cl2N3O4S/c1-15(2)26-23(30)17(4)28(13-18-8-11-20(24)21(25)12-18)22(29)14-27(5)33(31,32)19-9-6-16(3)7-10-19/h6-12,15,17H,13-14H2,1-5H3,(H,26,30)/t17-/m0/s1. The van der Waals surface area contributed by atoms with Crippen LogP contribution < -0.4 is 5.32 Å². The molecule has 0 bridgehead atoms. The largest absolute Gasteiger partial charge is 0.352 e. The Balaban J connectivity index is 2.30. The molecule has 2 rings (SSSR count). The van der Waals surface area contributed by atoms with Gasteiger partial charge in [0.05, 0.1) is 21.5 Å². The molecule has 7 nitrogen and oxygen atoms in total. The molecule has 0 fully saturated rings. The zero-order valence-electron chi connectivity index (χ0n) is 19.3. The summed E-state index contributed by atoms with van der Waals surface area (Å²) >= 11 is 12.1. The van der Waals surface area contributed by atoms with Crippen LogP contribution >= 0.6 is 23.2 Å². The number of hydrogen-bond acceptors (Lipinski definition) is 4. The maximum atomic E-state index is 13.3. The lowest BCUT2D eigenvalue weighted by Crippen LogP contribution is -2.51. The summed E-state index contributed by atoms with van der Waals surface area (Å²) in [5.41, 5.74) is 1.58. The van der Waals surface area contributed by atoms with Crippen LogP contribution in [0.4, 0.5) is 0 Å². The van der Waals surface area contributed by atoms with Gasteiger partial charge in [-0.15, -0.1) is 0 Å². The third-order valence-corrected chi connectivity index (χ3v) is 7.58. The number of nitrogens with zero attached hydrogens (tertiary/aromatic N) is 2. The first-order valence-corrected chi connectivity index (χ1v) is 12.6. The van der Waals surface area contributed by atoms with Gasteiger partial charge in [0.1, 0.15) is 6.04 Å². The van der Waals surface area contributed by atoms with E-state index in [1.165, 1.54) is 24.1 Å². The van der Waals surface area contributed by atoms with Gasteiger partial charge in [-0.3, -0.25) is 9.59 Å². The van der Waals surface area contributed by atoms with Gasteiger partial charge in [0.2, 0.25) is 21.8 Å². The van der Waals surface area contributed by atoms with Crippen LogP contribution in [0.1, 0.15) is 31.9 Å². The zero-order chi connectivity index (χ0) is 24.9. The number of benzene rings is 2. The summed E-state index contributed by atoms with van der Waals surface area (Å²) in [6.07, 6.45) is 0. The van der Waals surface area contributed by atoms with E-state index in [0.717, 1.165) is 9.87 Å². The lowest BCUT2D eigenvalue weighted by molar-refractivity contribution is -0.140. The second-order valence-electron chi connectivity index (χ2n) is 8.18. The Morgan fingerprint density at radius 2 is 1.61 bits per heavy atom. The molecule has 0 spiro atoms. The van der Waals surface area contributed by atoms with Crippen molar-refractivity contribution in [3.05, 3.63) is 63.6 Å². The number of amides is 2. The molecule has 2 amide bonds. The fraction of sp³-hybridized carbons (Fsp3) is 0.391. The van der Waals surface area contributed by atoms with Gasteiger partial charge < -0.3 is 10.2 Å². The van der Waals surface area contributed by atoms with Crippen molar-refractivity contribution >= 4 is 45.0 Å². The van der Waals surface area contributed by atoms with E-state index in [-0.39, 0.29) is 23.4 Å². The summed E-state index contributed by atoms with van der Waals surface area (Å²) in [6, 6.07) is 10.3. The highest BCUT2D eigenvalue weighted by atomic mass is 35.5. The van der Waals surface area contributed by atoms with Crippen LogP contribution in [-0.2, 0) is 26.2 Å². The zero-order valence-corrected chi connectivity index (χ0v) is 21.6. The van der Waals surface area contributed by atoms with Gasteiger partial charge in [-0.1, -0.05) is 47.0 Å². The quantitative estimate of drug-likeness (QED) is 0.551. The monoisotopic (exact) mass is 513 g/mol. The molecule has 2 aromatic carbocycles. The molecule has 0 aromatic heterocycles. The molecule has 0 aliphatic rings. The maximum Gasteiger partial charge on any atom is 0.243 e. The van der Waals surface area contributed by atoms with E-state index in [1.807, 2.05) is 20.8 Å². The molecule has 0 radical (unpaired) electrons. The molecule has 0 heterocycles. The molecule has 2 aromatic rings. The van der Waals surface area contributed by atoms with Crippen LogP contribution in [0, 0.1) is 6.92 Å². The third kappa shape index (κ3) is 7.17. The minimum absolute atomic E-state index is 0.0564. The molecule has 0 aliphatic carbocycles. The Labute approximate surface area is 205 Å². The predicted molar refractivity (Wildman–Crippen MR) is 131 cm³/mol. The molecule has 33 heavy (non-hydrogen) atoms. The van der Waals surface area contributed by atoms with Gasteiger partial charge in [-0.05, 0) is 57.5 Å². The summed E-state index contributed by atoms with van der Waals surface area (Å²) in [5.74, 6) is -0.867. The third-order valence-electron chi connectivity index (χ3n) is 5.02. The molecule has 180 valence electrons. The Morgan fingerprint density at radius 3 is 2.15 bits per heavy atom. The van der Waals surface area contributed by atoms with E-state index >= 15 is 0 Å². The average Bonchev–Trinajstić information content (AvgIpc) is 2.73. The molecule has 1 N–H and O–H groups in total.